The van der Waals surface area contributed by atoms with E-state index >= 15 is 0 Å². The van der Waals surface area contributed by atoms with Crippen molar-refractivity contribution in [1.29, 1.82) is 0 Å². The average molecular weight is 295 g/mol. The maximum absolute atomic E-state index is 11.2. The highest BCUT2D eigenvalue weighted by Crippen LogP contribution is 2.37. The van der Waals surface area contributed by atoms with Gasteiger partial charge < -0.3 is 15.7 Å². The van der Waals surface area contributed by atoms with E-state index < -0.39 is 4.92 Å². The first-order valence-corrected chi connectivity index (χ1v) is 7.14. The van der Waals surface area contributed by atoms with Gasteiger partial charge >= 0.3 is 5.69 Å². The van der Waals surface area contributed by atoms with Crippen molar-refractivity contribution in [2.24, 2.45) is 5.41 Å². The third-order valence-corrected chi connectivity index (χ3v) is 4.12. The highest BCUT2D eigenvalue weighted by atomic mass is 16.6. The third-order valence-electron chi connectivity index (χ3n) is 4.12. The van der Waals surface area contributed by atoms with Gasteiger partial charge in [0.15, 0.2) is 0 Å². The van der Waals surface area contributed by atoms with Crippen LogP contribution in [0.5, 0.6) is 0 Å². The maximum atomic E-state index is 11.2. The molecule has 1 aliphatic carbocycles. The Balaban J connectivity index is 2.17. The minimum absolute atomic E-state index is 0.0811. The number of nitrogens with zero attached hydrogens (tertiary/aromatic N) is 3. The molecule has 3 N–H and O–H groups in total. The van der Waals surface area contributed by atoms with Gasteiger partial charge in [-0.3, -0.25) is 10.1 Å². The van der Waals surface area contributed by atoms with E-state index in [9.17, 15) is 15.2 Å². The average Bonchev–Trinajstić information content (AvgIpc) is 2.53. The number of aliphatic hydroxyl groups is 1. The van der Waals surface area contributed by atoms with Crippen molar-refractivity contribution in [1.82, 2.24) is 9.97 Å². The van der Waals surface area contributed by atoms with Crippen molar-refractivity contribution in [3.63, 3.8) is 0 Å². The lowest BCUT2D eigenvalue weighted by molar-refractivity contribution is -0.383. The summed E-state index contributed by atoms with van der Waals surface area (Å²) < 4.78 is 0. The van der Waals surface area contributed by atoms with Crippen LogP contribution in [-0.4, -0.2) is 40.2 Å². The molecule has 1 saturated carbocycles. The molecule has 0 saturated heterocycles. The van der Waals surface area contributed by atoms with Crippen LogP contribution in [0, 0.1) is 15.5 Å². The van der Waals surface area contributed by atoms with E-state index in [2.05, 4.69) is 20.6 Å². The molecule has 1 aliphatic rings. The zero-order valence-electron chi connectivity index (χ0n) is 12.1. The molecule has 8 nitrogen and oxygen atoms in total. The first-order chi connectivity index (χ1) is 10.1. The predicted molar refractivity (Wildman–Crippen MR) is 79.3 cm³/mol. The van der Waals surface area contributed by atoms with Gasteiger partial charge in [0.05, 0.1) is 11.5 Å². The highest BCUT2D eigenvalue weighted by Gasteiger charge is 2.32. The minimum atomic E-state index is -0.499. The van der Waals surface area contributed by atoms with Crippen LogP contribution in [0.15, 0.2) is 6.33 Å². The van der Waals surface area contributed by atoms with Gasteiger partial charge in [-0.05, 0) is 12.8 Å². The van der Waals surface area contributed by atoms with Gasteiger partial charge in [-0.2, -0.15) is 0 Å². The zero-order chi connectivity index (χ0) is 15.3. The quantitative estimate of drug-likeness (QED) is 0.541. The lowest BCUT2D eigenvalue weighted by Gasteiger charge is -2.35. The monoisotopic (exact) mass is 295 g/mol. The van der Waals surface area contributed by atoms with E-state index in [1.54, 1.807) is 7.05 Å². The van der Waals surface area contributed by atoms with Crippen molar-refractivity contribution in [3.8, 4) is 0 Å². The van der Waals surface area contributed by atoms with Gasteiger partial charge in [0.25, 0.3) is 0 Å². The van der Waals surface area contributed by atoms with E-state index in [1.165, 1.54) is 12.7 Å². The summed E-state index contributed by atoms with van der Waals surface area (Å²) in [6.07, 6.45) is 6.47. The Labute approximate surface area is 123 Å². The van der Waals surface area contributed by atoms with Crippen LogP contribution < -0.4 is 10.6 Å². The summed E-state index contributed by atoms with van der Waals surface area (Å²) in [6, 6.07) is 0. The van der Waals surface area contributed by atoms with E-state index in [0.717, 1.165) is 25.7 Å². The summed E-state index contributed by atoms with van der Waals surface area (Å²) in [7, 11) is 1.58. The Morgan fingerprint density at radius 1 is 1.33 bits per heavy atom. The summed E-state index contributed by atoms with van der Waals surface area (Å²) in [5.41, 5.74) is -0.374. The second-order valence-corrected chi connectivity index (χ2v) is 5.50. The van der Waals surface area contributed by atoms with Gasteiger partial charge in [0.1, 0.15) is 6.33 Å². The maximum Gasteiger partial charge on any atom is 0.353 e. The van der Waals surface area contributed by atoms with Gasteiger partial charge in [-0.25, -0.2) is 9.97 Å². The zero-order valence-corrected chi connectivity index (χ0v) is 12.1. The van der Waals surface area contributed by atoms with E-state index in [1.807, 2.05) is 0 Å². The molecule has 0 radical (unpaired) electrons. The fourth-order valence-electron chi connectivity index (χ4n) is 2.83. The number of rotatable bonds is 6. The Kier molecular flexibility index (Phi) is 4.89. The van der Waals surface area contributed by atoms with Crippen LogP contribution in [0.2, 0.25) is 0 Å². The lowest BCUT2D eigenvalue weighted by Crippen LogP contribution is -2.35. The molecular formula is C13H21N5O3. The second-order valence-electron chi connectivity index (χ2n) is 5.50. The molecule has 0 unspecified atom stereocenters. The molecule has 1 fully saturated rings. The fraction of sp³-hybridized carbons (Fsp3) is 0.692. The molecule has 0 bridgehead atoms. The number of aliphatic hydroxyl groups excluding tert-OH is 1. The molecule has 21 heavy (non-hydrogen) atoms. The van der Waals surface area contributed by atoms with Crippen molar-refractivity contribution in [2.75, 3.05) is 30.8 Å². The Bertz CT molecular complexity index is 503. The van der Waals surface area contributed by atoms with Crippen LogP contribution in [0.25, 0.3) is 0 Å². The highest BCUT2D eigenvalue weighted by molar-refractivity contribution is 5.69. The fourth-order valence-corrected chi connectivity index (χ4v) is 2.83. The molecule has 1 aromatic heterocycles. The number of nitrogens with one attached hydrogen (secondary N) is 2. The summed E-state index contributed by atoms with van der Waals surface area (Å²) in [4.78, 5) is 18.5. The SMILES string of the molecule is CNc1ncnc(NCC2(CO)CCCCC2)c1[N+](=O)[O-]. The van der Waals surface area contributed by atoms with Crippen molar-refractivity contribution >= 4 is 17.3 Å². The lowest BCUT2D eigenvalue weighted by atomic mass is 9.74. The van der Waals surface area contributed by atoms with Crippen LogP contribution in [0.4, 0.5) is 17.3 Å². The van der Waals surface area contributed by atoms with Gasteiger partial charge in [-0.15, -0.1) is 0 Å². The summed E-state index contributed by atoms with van der Waals surface area (Å²) >= 11 is 0. The summed E-state index contributed by atoms with van der Waals surface area (Å²) in [6.45, 7) is 0.558. The summed E-state index contributed by atoms with van der Waals surface area (Å²) in [5, 5.41) is 26.6. The summed E-state index contributed by atoms with van der Waals surface area (Å²) in [5.74, 6) is 0.372. The molecule has 0 amide bonds. The third kappa shape index (κ3) is 3.38. The Hall–Kier alpha value is -1.96. The van der Waals surface area contributed by atoms with Crippen LogP contribution in [0.1, 0.15) is 32.1 Å². The molecule has 1 aromatic rings. The molecule has 8 heteroatoms. The van der Waals surface area contributed by atoms with Gasteiger partial charge in [-0.1, -0.05) is 19.3 Å². The molecule has 0 spiro atoms. The van der Waals surface area contributed by atoms with Crippen LogP contribution in [0.3, 0.4) is 0 Å². The minimum Gasteiger partial charge on any atom is -0.396 e. The molecular weight excluding hydrogens is 274 g/mol. The van der Waals surface area contributed by atoms with Crippen molar-refractivity contribution in [3.05, 3.63) is 16.4 Å². The molecule has 0 aliphatic heterocycles. The predicted octanol–water partition coefficient (Wildman–Crippen LogP) is 1.78. The first kappa shape index (κ1) is 15.4. The smallest absolute Gasteiger partial charge is 0.353 e. The Morgan fingerprint density at radius 3 is 2.57 bits per heavy atom. The number of aromatic nitrogens is 2. The molecule has 1 heterocycles. The number of hydrogen-bond donors (Lipinski definition) is 3. The molecule has 116 valence electrons. The van der Waals surface area contributed by atoms with Gasteiger partial charge in [0.2, 0.25) is 11.6 Å². The molecule has 0 atom stereocenters. The number of anilines is 2. The van der Waals surface area contributed by atoms with Crippen molar-refractivity contribution < 1.29 is 10.0 Å². The normalized spacial score (nSPS) is 17.2. The molecule has 2 rings (SSSR count). The van der Waals surface area contributed by atoms with Crippen molar-refractivity contribution in [2.45, 2.75) is 32.1 Å². The molecule has 0 aromatic carbocycles. The Morgan fingerprint density at radius 2 is 2.00 bits per heavy atom. The number of hydrogen-bond acceptors (Lipinski definition) is 7. The van der Waals surface area contributed by atoms with E-state index in [-0.39, 0.29) is 29.3 Å². The van der Waals surface area contributed by atoms with Crippen LogP contribution >= 0.6 is 0 Å². The van der Waals surface area contributed by atoms with E-state index in [4.69, 9.17) is 0 Å². The number of nitro groups is 1. The topological polar surface area (TPSA) is 113 Å². The van der Waals surface area contributed by atoms with Gasteiger partial charge in [0, 0.05) is 19.0 Å². The standard InChI is InChI=1S/C13H21N5O3/c1-14-11-10(18(20)21)12(17-9-16-11)15-7-13(8-19)5-3-2-4-6-13/h9,19H,2-8H2,1H3,(H2,14,15,16,17). The van der Waals surface area contributed by atoms with Crippen LogP contribution in [-0.2, 0) is 0 Å². The first-order valence-electron chi connectivity index (χ1n) is 7.14. The largest absolute Gasteiger partial charge is 0.396 e. The van der Waals surface area contributed by atoms with E-state index in [0.29, 0.717) is 6.54 Å². The second kappa shape index (κ2) is 6.66.